The molecule has 56 valence electrons. The van der Waals surface area contributed by atoms with Crippen molar-refractivity contribution < 1.29 is 5.11 Å². The zero-order valence-corrected chi connectivity index (χ0v) is 5.65. The molecular weight excluding hydrogens is 144 g/mol. The van der Waals surface area contributed by atoms with Gasteiger partial charge in [-0.1, -0.05) is 5.21 Å². The number of pyridine rings is 1. The van der Waals surface area contributed by atoms with Crippen LogP contribution < -0.4 is 0 Å². The molecule has 5 nitrogen and oxygen atoms in total. The van der Waals surface area contributed by atoms with Gasteiger partial charge in [-0.15, -0.1) is 5.10 Å². The van der Waals surface area contributed by atoms with Gasteiger partial charge < -0.3 is 5.11 Å². The first-order valence-electron chi connectivity index (χ1n) is 3.17. The van der Waals surface area contributed by atoms with Crippen LogP contribution in [0.5, 0.6) is 0 Å². The summed E-state index contributed by atoms with van der Waals surface area (Å²) in [6.45, 7) is -0.0667. The summed E-state index contributed by atoms with van der Waals surface area (Å²) in [5.41, 5.74) is 1.92. The number of aromatic amines is 1. The van der Waals surface area contributed by atoms with Gasteiger partial charge in [-0.25, -0.2) is 4.98 Å². The number of nitrogens with one attached hydrogen (secondary N) is 1. The Morgan fingerprint density at radius 3 is 3.18 bits per heavy atom. The molecule has 0 saturated carbocycles. The molecule has 0 radical (unpaired) electrons. The first-order chi connectivity index (χ1) is 5.40. The molecule has 0 aliphatic carbocycles. The van der Waals surface area contributed by atoms with E-state index in [1.807, 2.05) is 0 Å². The van der Waals surface area contributed by atoms with E-state index in [9.17, 15) is 0 Å². The molecule has 0 fully saturated rings. The number of aliphatic hydroxyl groups excluding tert-OH is 1. The molecule has 2 aromatic heterocycles. The standard InChI is InChI=1S/C6H6N4O/c11-3-4-1-2-5-6(7-4)9-10-8-5/h1-2,11H,3H2,(H,7,8,9,10). The fourth-order valence-corrected chi connectivity index (χ4v) is 0.865. The van der Waals surface area contributed by atoms with Gasteiger partial charge in [0.2, 0.25) is 5.65 Å². The van der Waals surface area contributed by atoms with Crippen LogP contribution in [0.15, 0.2) is 12.1 Å². The lowest BCUT2D eigenvalue weighted by molar-refractivity contribution is 0.277. The zero-order chi connectivity index (χ0) is 7.68. The van der Waals surface area contributed by atoms with E-state index in [0.717, 1.165) is 5.52 Å². The molecule has 2 N–H and O–H groups in total. The Kier molecular flexibility index (Phi) is 1.29. The summed E-state index contributed by atoms with van der Waals surface area (Å²) >= 11 is 0. The number of fused-ring (bicyclic) bond motifs is 1. The van der Waals surface area contributed by atoms with Gasteiger partial charge in [-0.3, -0.25) is 5.10 Å². The highest BCUT2D eigenvalue weighted by Gasteiger charge is 1.98. The molecule has 0 bridgehead atoms. The Bertz CT molecular complexity index is 369. The summed E-state index contributed by atoms with van der Waals surface area (Å²) in [5.74, 6) is 0. The van der Waals surface area contributed by atoms with Crippen LogP contribution in [-0.4, -0.2) is 25.5 Å². The Morgan fingerprint density at radius 1 is 1.45 bits per heavy atom. The third kappa shape index (κ3) is 0.947. The molecule has 0 aliphatic heterocycles. The number of aromatic nitrogens is 4. The number of aliphatic hydroxyl groups is 1. The highest BCUT2D eigenvalue weighted by Crippen LogP contribution is 2.04. The average Bonchev–Trinajstić information content (AvgIpc) is 2.50. The molecule has 0 aliphatic rings. The van der Waals surface area contributed by atoms with Crippen LogP contribution in [0.25, 0.3) is 11.2 Å². The van der Waals surface area contributed by atoms with E-state index in [2.05, 4.69) is 20.4 Å². The van der Waals surface area contributed by atoms with Crippen molar-refractivity contribution in [1.29, 1.82) is 0 Å². The number of hydrogen-bond acceptors (Lipinski definition) is 4. The van der Waals surface area contributed by atoms with Gasteiger partial charge in [-0.05, 0) is 12.1 Å². The Labute approximate surface area is 62.1 Å². The molecule has 11 heavy (non-hydrogen) atoms. The van der Waals surface area contributed by atoms with Crippen LogP contribution in [0.2, 0.25) is 0 Å². The van der Waals surface area contributed by atoms with Crippen LogP contribution >= 0.6 is 0 Å². The zero-order valence-electron chi connectivity index (χ0n) is 5.65. The summed E-state index contributed by atoms with van der Waals surface area (Å²) in [7, 11) is 0. The van der Waals surface area contributed by atoms with Crippen LogP contribution in [0.1, 0.15) is 5.69 Å². The highest BCUT2D eigenvalue weighted by molar-refractivity contribution is 5.68. The van der Waals surface area contributed by atoms with E-state index in [0.29, 0.717) is 11.3 Å². The Balaban J connectivity index is 2.67. The van der Waals surface area contributed by atoms with Crippen LogP contribution in [0.4, 0.5) is 0 Å². The maximum Gasteiger partial charge on any atom is 0.201 e. The molecule has 5 heteroatoms. The third-order valence-electron chi connectivity index (χ3n) is 1.41. The monoisotopic (exact) mass is 150 g/mol. The summed E-state index contributed by atoms with van der Waals surface area (Å²) < 4.78 is 0. The summed E-state index contributed by atoms with van der Waals surface area (Å²) in [5, 5.41) is 18.6. The van der Waals surface area contributed by atoms with Crippen molar-refractivity contribution in [1.82, 2.24) is 20.4 Å². The smallest absolute Gasteiger partial charge is 0.201 e. The van der Waals surface area contributed by atoms with E-state index in [4.69, 9.17) is 5.11 Å². The van der Waals surface area contributed by atoms with Gasteiger partial charge in [0.1, 0.15) is 5.52 Å². The van der Waals surface area contributed by atoms with Crippen molar-refractivity contribution in [3.05, 3.63) is 17.8 Å². The molecule has 0 atom stereocenters. The summed E-state index contributed by atoms with van der Waals surface area (Å²) in [6.07, 6.45) is 0. The van der Waals surface area contributed by atoms with Gasteiger partial charge in [0.05, 0.1) is 12.3 Å². The second-order valence-electron chi connectivity index (χ2n) is 2.14. The van der Waals surface area contributed by atoms with Gasteiger partial charge >= 0.3 is 0 Å². The van der Waals surface area contributed by atoms with E-state index >= 15 is 0 Å². The lowest BCUT2D eigenvalue weighted by Crippen LogP contribution is -1.88. The second-order valence-corrected chi connectivity index (χ2v) is 2.14. The largest absolute Gasteiger partial charge is 0.390 e. The number of nitrogens with zero attached hydrogens (tertiary/aromatic N) is 3. The topological polar surface area (TPSA) is 74.7 Å². The Hall–Kier alpha value is -1.49. The van der Waals surface area contributed by atoms with Gasteiger partial charge in [-0.2, -0.15) is 0 Å². The lowest BCUT2D eigenvalue weighted by atomic mass is 10.3. The second kappa shape index (κ2) is 2.28. The molecule has 0 amide bonds. The SMILES string of the molecule is OCc1ccc2[nH]nnc2n1. The average molecular weight is 150 g/mol. The van der Waals surface area contributed by atoms with Gasteiger partial charge in [0.25, 0.3) is 0 Å². The predicted octanol–water partition coefficient (Wildman–Crippen LogP) is -0.155. The van der Waals surface area contributed by atoms with Crippen LogP contribution in [0.3, 0.4) is 0 Å². The maximum atomic E-state index is 8.71. The number of hydrogen-bond donors (Lipinski definition) is 2. The Morgan fingerprint density at radius 2 is 2.36 bits per heavy atom. The molecular formula is C6H6N4O. The molecule has 2 rings (SSSR count). The highest BCUT2D eigenvalue weighted by atomic mass is 16.3. The summed E-state index contributed by atoms with van der Waals surface area (Å²) in [4.78, 5) is 4.00. The quantitative estimate of drug-likeness (QED) is 0.592. The van der Waals surface area contributed by atoms with Crippen LogP contribution in [0, 0.1) is 0 Å². The van der Waals surface area contributed by atoms with Gasteiger partial charge in [0.15, 0.2) is 0 Å². The first kappa shape index (κ1) is 6.23. The van der Waals surface area contributed by atoms with Gasteiger partial charge in [0, 0.05) is 0 Å². The fourth-order valence-electron chi connectivity index (χ4n) is 0.865. The van der Waals surface area contributed by atoms with Crippen molar-refractivity contribution in [3.8, 4) is 0 Å². The number of rotatable bonds is 1. The van der Waals surface area contributed by atoms with Crippen molar-refractivity contribution in [3.63, 3.8) is 0 Å². The molecule has 0 unspecified atom stereocenters. The minimum atomic E-state index is -0.0667. The van der Waals surface area contributed by atoms with E-state index in [1.54, 1.807) is 12.1 Å². The molecule has 0 spiro atoms. The van der Waals surface area contributed by atoms with E-state index < -0.39 is 0 Å². The third-order valence-corrected chi connectivity index (χ3v) is 1.41. The van der Waals surface area contributed by atoms with Crippen molar-refractivity contribution >= 4 is 11.2 Å². The van der Waals surface area contributed by atoms with E-state index in [-0.39, 0.29) is 6.61 Å². The predicted molar refractivity (Wildman–Crippen MR) is 37.6 cm³/mol. The van der Waals surface area contributed by atoms with Crippen molar-refractivity contribution in [2.45, 2.75) is 6.61 Å². The molecule has 2 heterocycles. The minimum absolute atomic E-state index is 0.0667. The number of H-pyrrole nitrogens is 1. The minimum Gasteiger partial charge on any atom is -0.390 e. The van der Waals surface area contributed by atoms with Crippen LogP contribution in [-0.2, 0) is 6.61 Å². The maximum absolute atomic E-state index is 8.71. The van der Waals surface area contributed by atoms with Crippen molar-refractivity contribution in [2.24, 2.45) is 0 Å². The fraction of sp³-hybridized carbons (Fsp3) is 0.167. The summed E-state index contributed by atoms with van der Waals surface area (Å²) in [6, 6.07) is 3.51. The normalized spacial score (nSPS) is 10.6. The molecule has 0 aromatic carbocycles. The molecule has 2 aromatic rings. The van der Waals surface area contributed by atoms with Crippen molar-refractivity contribution in [2.75, 3.05) is 0 Å². The lowest BCUT2D eigenvalue weighted by Gasteiger charge is -1.91. The first-order valence-corrected chi connectivity index (χ1v) is 3.17. The van der Waals surface area contributed by atoms with E-state index in [1.165, 1.54) is 0 Å². The molecule has 0 saturated heterocycles.